The summed E-state index contributed by atoms with van der Waals surface area (Å²) in [6.07, 6.45) is 0.665. The number of rotatable bonds is 3. The van der Waals surface area contributed by atoms with Crippen molar-refractivity contribution in [2.24, 2.45) is 0 Å². The molecule has 1 unspecified atom stereocenters. The molecular weight excluding hydrogens is 295 g/mol. The van der Waals surface area contributed by atoms with E-state index in [0.717, 1.165) is 12.1 Å². The molecule has 0 aliphatic rings. The van der Waals surface area contributed by atoms with Crippen LogP contribution in [0.1, 0.15) is 31.0 Å². The number of aromatic nitrogens is 2. The molecule has 0 saturated heterocycles. The summed E-state index contributed by atoms with van der Waals surface area (Å²) in [5.74, 6) is 0.609. The summed E-state index contributed by atoms with van der Waals surface area (Å²) in [4.78, 5) is 18.4. The van der Waals surface area contributed by atoms with Crippen molar-refractivity contribution in [3.8, 4) is 0 Å². The Bertz CT molecular complexity index is 372. The first-order valence-corrected chi connectivity index (χ1v) is 5.47. The lowest BCUT2D eigenvalue weighted by atomic mass is 10.2. The summed E-state index contributed by atoms with van der Waals surface area (Å²) in [5.41, 5.74) is 0.656. The molecule has 0 saturated carbocycles. The Morgan fingerprint density at radius 1 is 1.64 bits per heavy atom. The number of halogens is 1. The summed E-state index contributed by atoms with van der Waals surface area (Å²) in [7, 11) is 1.61. The summed E-state index contributed by atoms with van der Waals surface area (Å²) in [5, 5.41) is 0. The second-order valence-electron chi connectivity index (χ2n) is 2.98. The summed E-state index contributed by atoms with van der Waals surface area (Å²) in [6, 6.07) is 0. The summed E-state index contributed by atoms with van der Waals surface area (Å²) in [6.45, 7) is 3.81. The van der Waals surface area contributed by atoms with E-state index in [-0.39, 0.29) is 11.7 Å². The molecule has 1 aromatic heterocycles. The van der Waals surface area contributed by atoms with Gasteiger partial charge in [-0.2, -0.15) is 0 Å². The molecule has 0 radical (unpaired) electrons. The maximum atomic E-state index is 11.4. The van der Waals surface area contributed by atoms with Gasteiger partial charge in [0.15, 0.2) is 0 Å². The van der Waals surface area contributed by atoms with Crippen LogP contribution < -0.4 is 5.56 Å². The zero-order chi connectivity index (χ0) is 10.7. The molecule has 1 atom stereocenters. The zero-order valence-electron chi connectivity index (χ0n) is 8.43. The fourth-order valence-corrected chi connectivity index (χ4v) is 1.47. The third kappa shape index (κ3) is 2.33. The maximum absolute atomic E-state index is 11.4. The Hall–Kier alpha value is -0.430. The molecule has 0 fully saturated rings. The molecule has 4 nitrogen and oxygen atoms in total. The first kappa shape index (κ1) is 11.6. The number of ether oxygens (including phenoxy) is 1. The Morgan fingerprint density at radius 3 is 2.71 bits per heavy atom. The molecule has 1 N–H and O–H groups in total. The van der Waals surface area contributed by atoms with Gasteiger partial charge in [0.1, 0.15) is 11.9 Å². The Labute approximate surface area is 96.2 Å². The predicted molar refractivity (Wildman–Crippen MR) is 62.4 cm³/mol. The Morgan fingerprint density at radius 2 is 2.29 bits per heavy atom. The number of methoxy groups -OCH3 is 1. The van der Waals surface area contributed by atoms with Gasteiger partial charge in [0.25, 0.3) is 5.56 Å². The molecular formula is C9H13IN2O2. The second kappa shape index (κ2) is 4.88. The van der Waals surface area contributed by atoms with Gasteiger partial charge in [-0.15, -0.1) is 0 Å². The van der Waals surface area contributed by atoms with Crippen LogP contribution in [0.3, 0.4) is 0 Å². The van der Waals surface area contributed by atoms with Gasteiger partial charge in [0.2, 0.25) is 0 Å². The number of nitrogens with one attached hydrogen (secondary N) is 1. The van der Waals surface area contributed by atoms with E-state index >= 15 is 0 Å². The third-order valence-corrected chi connectivity index (χ3v) is 3.28. The lowest BCUT2D eigenvalue weighted by molar-refractivity contribution is 0.0921. The van der Waals surface area contributed by atoms with Crippen LogP contribution in [0, 0.1) is 10.5 Å². The fraction of sp³-hybridized carbons (Fsp3) is 0.556. The van der Waals surface area contributed by atoms with E-state index < -0.39 is 0 Å². The SMILES string of the molecule is CCC(OC)c1nc(C)c(I)c(=O)[nH]1. The van der Waals surface area contributed by atoms with E-state index in [4.69, 9.17) is 4.74 Å². The van der Waals surface area contributed by atoms with Crippen molar-refractivity contribution in [1.82, 2.24) is 9.97 Å². The Kier molecular flexibility index (Phi) is 4.06. The Balaban J connectivity index is 3.18. The molecule has 1 rings (SSSR count). The standard InChI is InChI=1S/C9H13IN2O2/c1-4-6(14-3)8-11-5(2)7(10)9(13)12-8/h6H,4H2,1-3H3,(H,11,12,13). The number of aryl methyl sites for hydroxylation is 1. The van der Waals surface area contributed by atoms with Crippen LogP contribution in [0.15, 0.2) is 4.79 Å². The molecule has 0 aliphatic heterocycles. The average molecular weight is 308 g/mol. The van der Waals surface area contributed by atoms with E-state index in [0.29, 0.717) is 9.39 Å². The van der Waals surface area contributed by atoms with Crippen LogP contribution in [-0.4, -0.2) is 17.1 Å². The van der Waals surface area contributed by atoms with Crippen molar-refractivity contribution in [2.75, 3.05) is 7.11 Å². The first-order valence-electron chi connectivity index (χ1n) is 4.39. The lowest BCUT2D eigenvalue weighted by Crippen LogP contribution is -2.19. The van der Waals surface area contributed by atoms with Gasteiger partial charge in [0.05, 0.1) is 9.26 Å². The maximum Gasteiger partial charge on any atom is 0.264 e. The van der Waals surface area contributed by atoms with Crippen molar-refractivity contribution in [3.63, 3.8) is 0 Å². The summed E-state index contributed by atoms with van der Waals surface area (Å²) < 4.78 is 5.84. The minimum Gasteiger partial charge on any atom is -0.374 e. The van der Waals surface area contributed by atoms with Crippen LogP contribution >= 0.6 is 22.6 Å². The average Bonchev–Trinajstić information content (AvgIpc) is 2.16. The van der Waals surface area contributed by atoms with Crippen molar-refractivity contribution in [2.45, 2.75) is 26.4 Å². The molecule has 0 spiro atoms. The van der Waals surface area contributed by atoms with E-state index in [1.165, 1.54) is 0 Å². The minimum atomic E-state index is -0.126. The number of hydrogen-bond acceptors (Lipinski definition) is 3. The molecule has 1 aromatic rings. The van der Waals surface area contributed by atoms with Crippen molar-refractivity contribution < 1.29 is 4.74 Å². The second-order valence-corrected chi connectivity index (χ2v) is 4.06. The molecule has 0 bridgehead atoms. The lowest BCUT2D eigenvalue weighted by Gasteiger charge is -2.12. The largest absolute Gasteiger partial charge is 0.374 e. The number of hydrogen-bond donors (Lipinski definition) is 1. The molecule has 14 heavy (non-hydrogen) atoms. The fourth-order valence-electron chi connectivity index (χ4n) is 1.22. The highest BCUT2D eigenvalue weighted by atomic mass is 127. The van der Waals surface area contributed by atoms with Gasteiger partial charge in [-0.3, -0.25) is 4.79 Å². The van der Waals surface area contributed by atoms with E-state index in [9.17, 15) is 4.79 Å². The quantitative estimate of drug-likeness (QED) is 0.866. The summed E-state index contributed by atoms with van der Waals surface area (Å²) >= 11 is 1.99. The highest BCUT2D eigenvalue weighted by molar-refractivity contribution is 14.1. The van der Waals surface area contributed by atoms with Crippen LogP contribution in [0.5, 0.6) is 0 Å². The van der Waals surface area contributed by atoms with Crippen LogP contribution in [0.25, 0.3) is 0 Å². The van der Waals surface area contributed by atoms with Gasteiger partial charge in [0, 0.05) is 7.11 Å². The van der Waals surface area contributed by atoms with Crippen LogP contribution in [0.4, 0.5) is 0 Å². The number of H-pyrrole nitrogens is 1. The molecule has 0 aromatic carbocycles. The van der Waals surface area contributed by atoms with Gasteiger partial charge in [-0.05, 0) is 35.9 Å². The van der Waals surface area contributed by atoms with Crippen LogP contribution in [0.2, 0.25) is 0 Å². The van der Waals surface area contributed by atoms with Crippen molar-refractivity contribution in [3.05, 3.63) is 25.4 Å². The highest BCUT2D eigenvalue weighted by Gasteiger charge is 2.13. The van der Waals surface area contributed by atoms with E-state index in [2.05, 4.69) is 9.97 Å². The number of nitrogens with zero attached hydrogens (tertiary/aromatic N) is 1. The van der Waals surface area contributed by atoms with Crippen molar-refractivity contribution >= 4 is 22.6 Å². The van der Waals surface area contributed by atoms with E-state index in [1.807, 2.05) is 36.4 Å². The van der Waals surface area contributed by atoms with Gasteiger partial charge >= 0.3 is 0 Å². The topological polar surface area (TPSA) is 55.0 Å². The smallest absolute Gasteiger partial charge is 0.264 e. The normalized spacial score (nSPS) is 12.9. The van der Waals surface area contributed by atoms with Gasteiger partial charge < -0.3 is 9.72 Å². The van der Waals surface area contributed by atoms with Gasteiger partial charge in [-0.25, -0.2) is 4.98 Å². The predicted octanol–water partition coefficient (Wildman–Crippen LogP) is 1.78. The zero-order valence-corrected chi connectivity index (χ0v) is 10.6. The highest BCUT2D eigenvalue weighted by Crippen LogP contribution is 2.15. The van der Waals surface area contributed by atoms with Gasteiger partial charge in [-0.1, -0.05) is 6.92 Å². The molecule has 0 aliphatic carbocycles. The monoisotopic (exact) mass is 308 g/mol. The van der Waals surface area contributed by atoms with E-state index in [1.54, 1.807) is 7.11 Å². The number of aromatic amines is 1. The molecule has 1 heterocycles. The molecule has 0 amide bonds. The third-order valence-electron chi connectivity index (χ3n) is 2.01. The van der Waals surface area contributed by atoms with Crippen molar-refractivity contribution in [1.29, 1.82) is 0 Å². The minimum absolute atomic E-state index is 0.0939. The van der Waals surface area contributed by atoms with Crippen LogP contribution in [-0.2, 0) is 4.74 Å². The molecule has 78 valence electrons. The molecule has 5 heteroatoms. The first-order chi connectivity index (χ1) is 6.60.